The van der Waals surface area contributed by atoms with Crippen LogP contribution in [0.15, 0.2) is 30.4 Å². The number of amides is 1. The predicted molar refractivity (Wildman–Crippen MR) is 80.3 cm³/mol. The van der Waals surface area contributed by atoms with Crippen molar-refractivity contribution in [3.8, 4) is 0 Å². The molecule has 1 rings (SSSR count). The number of carbonyl (C=O) groups excluding carboxylic acids is 2. The van der Waals surface area contributed by atoms with E-state index in [0.29, 0.717) is 18.5 Å². The van der Waals surface area contributed by atoms with Crippen LogP contribution in [0.3, 0.4) is 0 Å². The van der Waals surface area contributed by atoms with Gasteiger partial charge in [-0.2, -0.15) is 0 Å². The Labute approximate surface area is 120 Å². The third-order valence-corrected chi connectivity index (χ3v) is 3.02. The maximum atomic E-state index is 11.5. The van der Waals surface area contributed by atoms with Gasteiger partial charge in [0.1, 0.15) is 6.29 Å². The van der Waals surface area contributed by atoms with E-state index in [9.17, 15) is 9.59 Å². The first-order chi connectivity index (χ1) is 9.58. The van der Waals surface area contributed by atoms with Crippen LogP contribution in [-0.4, -0.2) is 19.2 Å². The van der Waals surface area contributed by atoms with E-state index < -0.39 is 0 Å². The first-order valence-corrected chi connectivity index (χ1v) is 6.71. The fourth-order valence-corrected chi connectivity index (χ4v) is 1.91. The first-order valence-electron chi connectivity index (χ1n) is 6.71. The van der Waals surface area contributed by atoms with Crippen LogP contribution in [0.2, 0.25) is 0 Å². The summed E-state index contributed by atoms with van der Waals surface area (Å²) >= 11 is 0. The molecule has 1 aromatic carbocycles. The number of aldehydes is 1. The number of rotatable bonds is 8. The Kier molecular flexibility index (Phi) is 6.67. The molecule has 0 unspecified atom stereocenters. The zero-order valence-electron chi connectivity index (χ0n) is 12.2. The van der Waals surface area contributed by atoms with Gasteiger partial charge in [-0.05, 0) is 37.1 Å². The second-order valence-corrected chi connectivity index (χ2v) is 4.80. The number of benzene rings is 1. The molecular formula is C16H22N2O2. The number of hydrogen-bond acceptors (Lipinski definition) is 3. The molecule has 4 nitrogen and oxygen atoms in total. The van der Waals surface area contributed by atoms with E-state index in [4.69, 9.17) is 0 Å². The second-order valence-electron chi connectivity index (χ2n) is 4.80. The molecule has 1 amide bonds. The van der Waals surface area contributed by atoms with E-state index in [1.807, 2.05) is 19.2 Å². The first kappa shape index (κ1) is 16.1. The van der Waals surface area contributed by atoms with Gasteiger partial charge in [0, 0.05) is 25.1 Å². The minimum atomic E-state index is -0.134. The van der Waals surface area contributed by atoms with Crippen molar-refractivity contribution in [1.29, 1.82) is 0 Å². The van der Waals surface area contributed by atoms with Gasteiger partial charge >= 0.3 is 0 Å². The van der Waals surface area contributed by atoms with Gasteiger partial charge in [-0.3, -0.25) is 4.79 Å². The largest absolute Gasteiger partial charge is 0.348 e. The Balaban J connectivity index is 2.80. The molecule has 4 heteroatoms. The molecule has 0 aromatic heterocycles. The van der Waals surface area contributed by atoms with Gasteiger partial charge in [-0.15, -0.1) is 0 Å². The summed E-state index contributed by atoms with van der Waals surface area (Å²) in [5.74, 6) is -0.134. The zero-order chi connectivity index (χ0) is 15.0. The normalized spacial score (nSPS) is 10.1. The van der Waals surface area contributed by atoms with E-state index in [2.05, 4.69) is 23.3 Å². The molecule has 2 N–H and O–H groups in total. The van der Waals surface area contributed by atoms with Crippen LogP contribution < -0.4 is 10.6 Å². The van der Waals surface area contributed by atoms with E-state index in [1.54, 1.807) is 6.92 Å². The molecule has 0 aliphatic heterocycles. The lowest BCUT2D eigenvalue weighted by atomic mass is 10.0. The highest BCUT2D eigenvalue weighted by Gasteiger charge is 2.06. The van der Waals surface area contributed by atoms with Crippen molar-refractivity contribution in [3.05, 3.63) is 47.0 Å². The molecule has 1 aromatic rings. The minimum Gasteiger partial charge on any atom is -0.348 e. The topological polar surface area (TPSA) is 58.2 Å². The summed E-state index contributed by atoms with van der Waals surface area (Å²) in [5, 5.41) is 5.96. The molecule has 0 saturated carbocycles. The van der Waals surface area contributed by atoms with Gasteiger partial charge < -0.3 is 15.4 Å². The Morgan fingerprint density at radius 1 is 1.30 bits per heavy atom. The summed E-state index contributed by atoms with van der Waals surface area (Å²) in [5.41, 5.74) is 3.85. The standard InChI is InChI=1S/C16H22N2O2/c1-12(2)16(20)18-11-14-7-6-13(5-4-8-19)9-15(14)10-17-3/h6-9,17H,1,4-5,10-11H2,2-3H3,(H,18,20). The van der Waals surface area contributed by atoms with Gasteiger partial charge in [0.25, 0.3) is 0 Å². The lowest BCUT2D eigenvalue weighted by molar-refractivity contribution is -0.117. The van der Waals surface area contributed by atoms with Crippen LogP contribution in [0, 0.1) is 0 Å². The maximum absolute atomic E-state index is 11.5. The predicted octanol–water partition coefficient (Wildman–Crippen LogP) is 1.73. The second kappa shape index (κ2) is 8.27. The summed E-state index contributed by atoms with van der Waals surface area (Å²) in [7, 11) is 1.88. The number of carbonyl (C=O) groups is 2. The van der Waals surface area contributed by atoms with Gasteiger partial charge in [0.2, 0.25) is 5.91 Å². The van der Waals surface area contributed by atoms with Crippen LogP contribution in [0.1, 0.15) is 30.0 Å². The summed E-state index contributed by atoms with van der Waals surface area (Å²) in [6.07, 6.45) is 2.21. The van der Waals surface area contributed by atoms with E-state index >= 15 is 0 Å². The van der Waals surface area contributed by atoms with Crippen LogP contribution in [0.25, 0.3) is 0 Å². The highest BCUT2D eigenvalue weighted by atomic mass is 16.1. The molecular weight excluding hydrogens is 252 g/mol. The molecule has 0 radical (unpaired) electrons. The van der Waals surface area contributed by atoms with Gasteiger partial charge in [-0.25, -0.2) is 0 Å². The van der Waals surface area contributed by atoms with Crippen molar-refractivity contribution in [3.63, 3.8) is 0 Å². The van der Waals surface area contributed by atoms with Crippen molar-refractivity contribution in [2.24, 2.45) is 0 Å². The summed E-state index contributed by atoms with van der Waals surface area (Å²) in [6, 6.07) is 6.10. The number of hydrogen-bond donors (Lipinski definition) is 2. The Bertz CT molecular complexity index is 495. The number of nitrogens with one attached hydrogen (secondary N) is 2. The van der Waals surface area contributed by atoms with Crippen LogP contribution in [-0.2, 0) is 29.1 Å². The van der Waals surface area contributed by atoms with Crippen LogP contribution in [0.5, 0.6) is 0 Å². The molecule has 0 spiro atoms. The average molecular weight is 274 g/mol. The summed E-state index contributed by atoms with van der Waals surface area (Å²) in [6.45, 7) is 6.52. The molecule has 0 bridgehead atoms. The van der Waals surface area contributed by atoms with E-state index in [0.717, 1.165) is 35.9 Å². The monoisotopic (exact) mass is 274 g/mol. The molecule has 0 aliphatic rings. The molecule has 0 atom stereocenters. The van der Waals surface area contributed by atoms with Crippen LogP contribution >= 0.6 is 0 Å². The van der Waals surface area contributed by atoms with Crippen molar-refractivity contribution < 1.29 is 9.59 Å². The number of aryl methyl sites for hydroxylation is 1. The van der Waals surface area contributed by atoms with Crippen LogP contribution in [0.4, 0.5) is 0 Å². The van der Waals surface area contributed by atoms with Gasteiger partial charge in [-0.1, -0.05) is 24.8 Å². The summed E-state index contributed by atoms with van der Waals surface area (Å²) < 4.78 is 0. The molecule has 0 aliphatic carbocycles. The van der Waals surface area contributed by atoms with Crippen molar-refractivity contribution in [1.82, 2.24) is 10.6 Å². The van der Waals surface area contributed by atoms with Gasteiger partial charge in [0.15, 0.2) is 0 Å². The quantitative estimate of drug-likeness (QED) is 0.560. The summed E-state index contributed by atoms with van der Waals surface area (Å²) in [4.78, 5) is 22.0. The fourth-order valence-electron chi connectivity index (χ4n) is 1.91. The lowest BCUT2D eigenvalue weighted by Crippen LogP contribution is -2.24. The maximum Gasteiger partial charge on any atom is 0.246 e. The van der Waals surface area contributed by atoms with E-state index in [-0.39, 0.29) is 5.91 Å². The average Bonchev–Trinajstić information content (AvgIpc) is 2.43. The molecule has 0 fully saturated rings. The highest BCUT2D eigenvalue weighted by Crippen LogP contribution is 2.14. The third-order valence-electron chi connectivity index (χ3n) is 3.02. The zero-order valence-corrected chi connectivity index (χ0v) is 12.2. The van der Waals surface area contributed by atoms with E-state index in [1.165, 1.54) is 0 Å². The fraction of sp³-hybridized carbons (Fsp3) is 0.375. The Morgan fingerprint density at radius 2 is 2.05 bits per heavy atom. The SMILES string of the molecule is C=C(C)C(=O)NCc1ccc(CCC=O)cc1CNC. The van der Waals surface area contributed by atoms with Gasteiger partial charge in [0.05, 0.1) is 0 Å². The minimum absolute atomic E-state index is 0.134. The molecule has 0 heterocycles. The smallest absolute Gasteiger partial charge is 0.246 e. The molecule has 0 saturated heterocycles. The third kappa shape index (κ3) is 4.97. The van der Waals surface area contributed by atoms with Crippen molar-refractivity contribution in [2.45, 2.75) is 32.9 Å². The Morgan fingerprint density at radius 3 is 2.65 bits per heavy atom. The highest BCUT2D eigenvalue weighted by molar-refractivity contribution is 5.92. The lowest BCUT2D eigenvalue weighted by Gasteiger charge is -2.12. The molecule has 108 valence electrons. The molecule has 20 heavy (non-hydrogen) atoms. The van der Waals surface area contributed by atoms with Crippen molar-refractivity contribution >= 4 is 12.2 Å². The van der Waals surface area contributed by atoms with Crippen molar-refractivity contribution in [2.75, 3.05) is 7.05 Å². The Hall–Kier alpha value is -1.94.